The largest absolute Gasteiger partial charge is 0.313 e. The normalized spacial score (nSPS) is 12.9. The van der Waals surface area contributed by atoms with E-state index in [2.05, 4.69) is 214 Å². The van der Waals surface area contributed by atoms with Crippen molar-refractivity contribution in [3.63, 3.8) is 0 Å². The molecular weight excluding hydrogens is 1020 g/mol. The maximum absolute atomic E-state index is 3.05. The van der Waals surface area contributed by atoms with E-state index in [0.717, 1.165) is 0 Å². The van der Waals surface area contributed by atoms with Gasteiger partial charge in [-0.1, -0.05) is 388 Å². The third-order valence-corrected chi connectivity index (χ3v) is 41.8. The summed E-state index contributed by atoms with van der Waals surface area (Å²) < 4.78 is 3.05. The zero-order chi connectivity index (χ0) is 54.9. The average Bonchev–Trinajstić information content (AvgIpc) is 3.48. The van der Waals surface area contributed by atoms with E-state index in [1.807, 2.05) is 0 Å². The van der Waals surface area contributed by atoms with E-state index in [9.17, 15) is 0 Å². The van der Waals surface area contributed by atoms with Crippen LogP contribution in [0.2, 0.25) is 74.0 Å². The molecule has 0 aliphatic rings. The van der Waals surface area contributed by atoms with E-state index < -0.39 is 48.4 Å². The van der Waals surface area contributed by atoms with Crippen LogP contribution in [0, 0.1) is 0 Å². The lowest BCUT2D eigenvalue weighted by Gasteiger charge is -2.42. The van der Waals surface area contributed by atoms with Crippen LogP contribution in [-0.2, 0) is 0 Å². The molecule has 5 aromatic carbocycles. The second-order valence-corrected chi connectivity index (χ2v) is 47.8. The zero-order valence-electron chi connectivity index (χ0n) is 51.1. The zero-order valence-corrected chi connectivity index (χ0v) is 56.8. The molecule has 0 aromatic heterocycles. The van der Waals surface area contributed by atoms with Crippen molar-refractivity contribution in [1.29, 1.82) is 0 Å². The molecule has 0 saturated heterocycles. The summed E-state index contributed by atoms with van der Waals surface area (Å²) in [6.07, 6.45) is 23.9. The molecule has 0 aliphatic heterocycles. The number of hydrogen-bond acceptors (Lipinski definition) is 1. The third-order valence-electron chi connectivity index (χ3n) is 17.6. The lowest BCUT2D eigenvalue weighted by atomic mass is 10.3. The molecule has 0 radical (unpaired) electrons. The molecule has 7 heteroatoms. The Morgan fingerprint density at radius 2 is 0.566 bits per heavy atom. The molecule has 0 fully saturated rings. The highest BCUT2D eigenvalue weighted by molar-refractivity contribution is 7.91. The summed E-state index contributed by atoms with van der Waals surface area (Å²) in [5.74, 6) is 0. The number of unbranched alkanes of at least 4 members (excludes halogenated alkanes) is 9. The molecule has 1 atom stereocenters. The van der Waals surface area contributed by atoms with Crippen LogP contribution in [0.1, 0.15) is 178 Å². The molecule has 0 amide bonds. The van der Waals surface area contributed by atoms with Gasteiger partial charge < -0.3 is 4.44 Å². The lowest BCUT2D eigenvalue weighted by Crippen LogP contribution is -2.49. The second kappa shape index (κ2) is 33.4. The standard InChI is InChI=1S/C69H111NP2Si4/c1-13-22-52-74(53-23-14-2,54-24-15-3)65-46-40-62(41-47-65)71(63-42-48-66(49-43-63)75(55-25-16-4,56-26-17-5)57-27-18-6)70(61-36-32-31-33-37-61)72(68-38-34-35-39-69(68)73(10,11)12)64-44-50-67(51-45-64)76(58-28-19-7,59-29-20-8)60-30-21-9/h31-51H,13-30,52-60H2,1-12H3. The fourth-order valence-electron chi connectivity index (χ4n) is 12.8. The SMILES string of the molecule is CCCC[Si](CCCC)(CCCC)c1ccc(P(c2ccc([Si](CCCC)(CCCC)CCCC)cc2)N(c2ccccc2)P(c2ccc([Si](CCCC)(CCCC)CCCC)cc2)c2ccccc2[Si](C)(C)C)cc1. The van der Waals surface area contributed by atoms with Crippen LogP contribution < -0.4 is 46.4 Å². The first-order valence-corrected chi connectivity index (χ1v) is 45.7. The van der Waals surface area contributed by atoms with Gasteiger partial charge in [-0.25, -0.2) is 0 Å². The van der Waals surface area contributed by atoms with Crippen LogP contribution >= 0.6 is 16.1 Å². The van der Waals surface area contributed by atoms with E-state index >= 15 is 0 Å². The molecule has 1 nitrogen and oxygen atoms in total. The van der Waals surface area contributed by atoms with Crippen LogP contribution in [0.4, 0.5) is 5.69 Å². The Kier molecular flexibility index (Phi) is 28.3. The van der Waals surface area contributed by atoms with Crippen molar-refractivity contribution in [3.8, 4) is 0 Å². The quantitative estimate of drug-likeness (QED) is 0.0281. The minimum absolute atomic E-state index is 1.02. The highest BCUT2D eigenvalue weighted by atomic mass is 31.2. The monoisotopic (exact) mass is 1130 g/mol. The molecule has 1 unspecified atom stereocenters. The minimum atomic E-state index is -1.81. The van der Waals surface area contributed by atoms with Crippen molar-refractivity contribution in [2.24, 2.45) is 0 Å². The molecule has 0 bridgehead atoms. The molecule has 0 N–H and O–H groups in total. The van der Waals surface area contributed by atoms with Crippen molar-refractivity contribution in [1.82, 2.24) is 0 Å². The van der Waals surface area contributed by atoms with Gasteiger partial charge in [0.1, 0.15) is 0 Å². The predicted molar refractivity (Wildman–Crippen MR) is 364 cm³/mol. The van der Waals surface area contributed by atoms with Crippen molar-refractivity contribution in [3.05, 3.63) is 127 Å². The van der Waals surface area contributed by atoms with Crippen molar-refractivity contribution in [2.75, 3.05) is 4.44 Å². The lowest BCUT2D eigenvalue weighted by molar-refractivity contribution is 0.800. The Morgan fingerprint density at radius 1 is 0.303 bits per heavy atom. The number of anilines is 1. The minimum Gasteiger partial charge on any atom is -0.313 e. The summed E-state index contributed by atoms with van der Waals surface area (Å²) in [5, 5.41) is 12.9. The Bertz CT molecular complexity index is 2190. The molecule has 0 saturated carbocycles. The van der Waals surface area contributed by atoms with Crippen LogP contribution in [0.15, 0.2) is 127 Å². The maximum atomic E-state index is 3.05. The Hall–Kier alpha value is -2.37. The van der Waals surface area contributed by atoms with Gasteiger partial charge in [-0.2, -0.15) is 0 Å². The van der Waals surface area contributed by atoms with E-state index in [1.165, 1.54) is 192 Å². The van der Waals surface area contributed by atoms with Gasteiger partial charge in [0.15, 0.2) is 0 Å². The first-order chi connectivity index (χ1) is 36.9. The molecule has 0 spiro atoms. The highest BCUT2D eigenvalue weighted by Gasteiger charge is 2.40. The Balaban J connectivity index is 1.89. The van der Waals surface area contributed by atoms with Crippen LogP contribution in [0.5, 0.6) is 0 Å². The smallest absolute Gasteiger partial charge is 0.0867 e. The van der Waals surface area contributed by atoms with Gasteiger partial charge >= 0.3 is 0 Å². The first-order valence-electron chi connectivity index (χ1n) is 31.8. The molecular formula is C69H111NP2Si4. The molecule has 5 rings (SSSR count). The molecule has 0 heterocycles. The second-order valence-electron chi connectivity index (χ2n) is 24.4. The molecule has 418 valence electrons. The van der Waals surface area contributed by atoms with E-state index in [0.29, 0.717) is 0 Å². The average molecular weight is 1130 g/mol. The van der Waals surface area contributed by atoms with Gasteiger partial charge in [-0.3, -0.25) is 0 Å². The van der Waals surface area contributed by atoms with E-state index in [4.69, 9.17) is 0 Å². The summed E-state index contributed by atoms with van der Waals surface area (Å²) >= 11 is 0. The number of hydrogen-bond donors (Lipinski definition) is 0. The predicted octanol–water partition coefficient (Wildman–Crippen LogP) is 19.3. The van der Waals surface area contributed by atoms with Gasteiger partial charge in [0, 0.05) is 21.6 Å². The van der Waals surface area contributed by atoms with Gasteiger partial charge in [-0.15, -0.1) is 0 Å². The van der Waals surface area contributed by atoms with Gasteiger partial charge in [0.05, 0.1) is 48.4 Å². The van der Waals surface area contributed by atoms with Gasteiger partial charge in [-0.05, 0) is 17.4 Å². The fourth-order valence-corrected chi connectivity index (χ4v) is 38.3. The van der Waals surface area contributed by atoms with Gasteiger partial charge in [0.25, 0.3) is 0 Å². The summed E-state index contributed by atoms with van der Waals surface area (Å²) in [5.41, 5.74) is 1.36. The van der Waals surface area contributed by atoms with Crippen LogP contribution in [-0.4, -0.2) is 32.3 Å². The summed E-state index contributed by atoms with van der Waals surface area (Å²) in [4.78, 5) is 0. The summed E-state index contributed by atoms with van der Waals surface area (Å²) in [6.45, 7) is 29.5. The van der Waals surface area contributed by atoms with E-state index in [-0.39, 0.29) is 0 Å². The molecule has 0 aliphatic carbocycles. The van der Waals surface area contributed by atoms with Crippen LogP contribution in [0.25, 0.3) is 0 Å². The Morgan fingerprint density at radius 3 is 0.842 bits per heavy atom. The maximum Gasteiger partial charge on any atom is 0.0867 e. The number of nitrogens with zero attached hydrogens (tertiary/aromatic N) is 1. The van der Waals surface area contributed by atoms with Crippen molar-refractivity contribution in [2.45, 2.75) is 252 Å². The summed E-state index contributed by atoms with van der Waals surface area (Å²) in [6, 6.07) is 66.8. The third kappa shape index (κ3) is 17.3. The van der Waals surface area contributed by atoms with Crippen molar-refractivity contribution < 1.29 is 0 Å². The van der Waals surface area contributed by atoms with Crippen LogP contribution in [0.3, 0.4) is 0 Å². The summed E-state index contributed by atoms with van der Waals surface area (Å²) in [7, 11) is -9.01. The molecule has 5 aromatic rings. The molecule has 76 heavy (non-hydrogen) atoms. The van der Waals surface area contributed by atoms with E-state index in [1.54, 1.807) is 26.1 Å². The fraction of sp³-hybridized carbons (Fsp3) is 0.565. The highest BCUT2D eigenvalue weighted by Crippen LogP contribution is 2.57. The topological polar surface area (TPSA) is 3.24 Å². The Labute approximate surface area is 476 Å². The van der Waals surface area contributed by atoms with Gasteiger partial charge in [0.2, 0.25) is 0 Å². The number of rotatable bonds is 38. The first kappa shape index (κ1) is 64.4. The number of benzene rings is 5. The number of para-hydroxylation sites is 1. The van der Waals surface area contributed by atoms with Crippen molar-refractivity contribution >= 4 is 96.1 Å².